The second-order valence-electron chi connectivity index (χ2n) is 5.18. The van der Waals surface area contributed by atoms with Crippen molar-refractivity contribution in [2.75, 3.05) is 27.2 Å². The molecule has 0 unspecified atom stereocenters. The molecule has 1 heterocycles. The number of likely N-dealkylation sites (N-methyl/N-ethyl adjacent to an activating group) is 1. The summed E-state index contributed by atoms with van der Waals surface area (Å²) in [6.45, 7) is 7.91. The first-order valence-electron chi connectivity index (χ1n) is 6.53. The molecule has 0 radical (unpaired) electrons. The Kier molecular flexibility index (Phi) is 4.39. The number of hydrogen-bond acceptors (Lipinski definition) is 3. The molecule has 0 saturated carbocycles. The van der Waals surface area contributed by atoms with Gasteiger partial charge in [-0.2, -0.15) is 0 Å². The van der Waals surface area contributed by atoms with Gasteiger partial charge in [0.25, 0.3) is 0 Å². The molecule has 2 N–H and O–H groups in total. The first-order valence-corrected chi connectivity index (χ1v) is 6.53. The molecule has 0 aromatic heterocycles. The molecule has 0 saturated heterocycles. The SMILES string of the molecule is C=C(CN(C)C)NCc1cccc2c1CCNC2. The van der Waals surface area contributed by atoms with E-state index in [9.17, 15) is 0 Å². The standard InChI is InChI=1S/C15H23N3/c1-12(11-18(2)3)17-10-14-6-4-5-13-9-16-8-7-15(13)14/h4-6,16-17H,1,7-11H2,2-3H3. The van der Waals surface area contributed by atoms with Crippen molar-refractivity contribution in [3.05, 3.63) is 47.2 Å². The molecule has 3 nitrogen and oxygen atoms in total. The lowest BCUT2D eigenvalue weighted by atomic mass is 9.95. The lowest BCUT2D eigenvalue weighted by molar-refractivity contribution is 0.432. The number of hydrogen-bond donors (Lipinski definition) is 2. The molecule has 98 valence electrons. The minimum atomic E-state index is 0.885. The zero-order chi connectivity index (χ0) is 13.0. The molecule has 1 aliphatic heterocycles. The second kappa shape index (κ2) is 6.03. The summed E-state index contributed by atoms with van der Waals surface area (Å²) in [4.78, 5) is 2.12. The number of nitrogens with one attached hydrogen (secondary N) is 2. The number of fused-ring (bicyclic) bond motifs is 1. The molecule has 0 aliphatic carbocycles. The van der Waals surface area contributed by atoms with E-state index < -0.39 is 0 Å². The Balaban J connectivity index is 1.99. The van der Waals surface area contributed by atoms with E-state index in [4.69, 9.17) is 0 Å². The molecule has 3 heteroatoms. The Morgan fingerprint density at radius 3 is 3.06 bits per heavy atom. The number of nitrogens with zero attached hydrogens (tertiary/aromatic N) is 1. The summed E-state index contributed by atoms with van der Waals surface area (Å²) in [6.07, 6.45) is 1.13. The van der Waals surface area contributed by atoms with Crippen molar-refractivity contribution in [1.29, 1.82) is 0 Å². The van der Waals surface area contributed by atoms with Crippen molar-refractivity contribution >= 4 is 0 Å². The monoisotopic (exact) mass is 245 g/mol. The van der Waals surface area contributed by atoms with Gasteiger partial charge < -0.3 is 15.5 Å². The minimum Gasteiger partial charge on any atom is -0.384 e. The van der Waals surface area contributed by atoms with E-state index in [1.165, 1.54) is 16.7 Å². The maximum atomic E-state index is 4.06. The highest BCUT2D eigenvalue weighted by molar-refractivity contribution is 5.37. The Hall–Kier alpha value is -1.32. The molecule has 0 spiro atoms. The predicted octanol–water partition coefficient (Wildman–Crippen LogP) is 1.50. The summed E-state index contributed by atoms with van der Waals surface area (Å²) in [7, 11) is 4.12. The fourth-order valence-electron chi connectivity index (χ4n) is 2.43. The van der Waals surface area contributed by atoms with Crippen LogP contribution in [-0.2, 0) is 19.5 Å². The van der Waals surface area contributed by atoms with Gasteiger partial charge in [0.2, 0.25) is 0 Å². The summed E-state index contributed by atoms with van der Waals surface area (Å²) in [5.41, 5.74) is 5.45. The largest absolute Gasteiger partial charge is 0.384 e. The maximum Gasteiger partial charge on any atom is 0.0400 e. The molecule has 0 amide bonds. The molecular weight excluding hydrogens is 222 g/mol. The third-order valence-electron chi connectivity index (χ3n) is 3.27. The minimum absolute atomic E-state index is 0.885. The van der Waals surface area contributed by atoms with E-state index in [0.717, 1.165) is 38.3 Å². The molecule has 0 atom stereocenters. The van der Waals surface area contributed by atoms with Crippen LogP contribution in [0.3, 0.4) is 0 Å². The van der Waals surface area contributed by atoms with Crippen LogP contribution < -0.4 is 10.6 Å². The number of rotatable bonds is 5. The Morgan fingerprint density at radius 1 is 1.44 bits per heavy atom. The summed E-state index contributed by atoms with van der Waals surface area (Å²) < 4.78 is 0. The molecule has 0 fully saturated rings. The Labute approximate surface area is 110 Å². The summed E-state index contributed by atoms with van der Waals surface area (Å²) >= 11 is 0. The van der Waals surface area contributed by atoms with Gasteiger partial charge in [-0.1, -0.05) is 24.8 Å². The molecule has 1 aliphatic rings. The van der Waals surface area contributed by atoms with Crippen molar-refractivity contribution in [3.63, 3.8) is 0 Å². The van der Waals surface area contributed by atoms with Gasteiger partial charge in [0.15, 0.2) is 0 Å². The van der Waals surface area contributed by atoms with E-state index in [1.54, 1.807) is 0 Å². The van der Waals surface area contributed by atoms with Crippen LogP contribution in [0.15, 0.2) is 30.5 Å². The normalized spacial score (nSPS) is 14.4. The molecule has 1 aromatic carbocycles. The fourth-order valence-corrected chi connectivity index (χ4v) is 2.43. The van der Waals surface area contributed by atoms with Crippen molar-refractivity contribution in [2.45, 2.75) is 19.5 Å². The van der Waals surface area contributed by atoms with Gasteiger partial charge in [-0.3, -0.25) is 0 Å². The third kappa shape index (κ3) is 3.34. The van der Waals surface area contributed by atoms with E-state index >= 15 is 0 Å². The van der Waals surface area contributed by atoms with Gasteiger partial charge >= 0.3 is 0 Å². The molecule has 2 rings (SSSR count). The average Bonchev–Trinajstić information content (AvgIpc) is 2.35. The first-order chi connectivity index (χ1) is 8.66. The highest BCUT2D eigenvalue weighted by Crippen LogP contribution is 2.18. The second-order valence-corrected chi connectivity index (χ2v) is 5.18. The predicted molar refractivity (Wildman–Crippen MR) is 76.4 cm³/mol. The van der Waals surface area contributed by atoms with Crippen LogP contribution in [0.4, 0.5) is 0 Å². The zero-order valence-electron chi connectivity index (χ0n) is 11.4. The van der Waals surface area contributed by atoms with E-state index in [2.05, 4.69) is 54.4 Å². The van der Waals surface area contributed by atoms with Crippen molar-refractivity contribution in [2.24, 2.45) is 0 Å². The van der Waals surface area contributed by atoms with Crippen molar-refractivity contribution in [1.82, 2.24) is 15.5 Å². The van der Waals surface area contributed by atoms with Crippen molar-refractivity contribution in [3.8, 4) is 0 Å². The van der Waals surface area contributed by atoms with Crippen LogP contribution in [0.1, 0.15) is 16.7 Å². The lowest BCUT2D eigenvalue weighted by Crippen LogP contribution is -2.27. The van der Waals surface area contributed by atoms with E-state index in [1.807, 2.05) is 0 Å². The van der Waals surface area contributed by atoms with Crippen LogP contribution in [0.5, 0.6) is 0 Å². The van der Waals surface area contributed by atoms with E-state index in [-0.39, 0.29) is 0 Å². The van der Waals surface area contributed by atoms with Crippen LogP contribution in [0, 0.1) is 0 Å². The van der Waals surface area contributed by atoms with Gasteiger partial charge in [-0.15, -0.1) is 0 Å². The van der Waals surface area contributed by atoms with Gasteiger partial charge in [0.1, 0.15) is 0 Å². The fraction of sp³-hybridized carbons (Fsp3) is 0.467. The van der Waals surface area contributed by atoms with Gasteiger partial charge in [-0.05, 0) is 43.8 Å². The quantitative estimate of drug-likeness (QED) is 0.823. The smallest absolute Gasteiger partial charge is 0.0400 e. The third-order valence-corrected chi connectivity index (χ3v) is 3.27. The average molecular weight is 245 g/mol. The van der Waals surface area contributed by atoms with Crippen LogP contribution in [0.25, 0.3) is 0 Å². The topological polar surface area (TPSA) is 27.3 Å². The van der Waals surface area contributed by atoms with E-state index in [0.29, 0.717) is 0 Å². The molecule has 1 aromatic rings. The highest BCUT2D eigenvalue weighted by atomic mass is 15.1. The molecule has 0 bridgehead atoms. The van der Waals surface area contributed by atoms with Crippen LogP contribution in [-0.4, -0.2) is 32.1 Å². The molecular formula is C15H23N3. The van der Waals surface area contributed by atoms with Crippen molar-refractivity contribution < 1.29 is 0 Å². The lowest BCUT2D eigenvalue weighted by Gasteiger charge is -2.21. The Bertz CT molecular complexity index is 424. The van der Waals surface area contributed by atoms with Gasteiger partial charge in [0, 0.05) is 25.3 Å². The summed E-state index contributed by atoms with van der Waals surface area (Å²) in [5.74, 6) is 0. The zero-order valence-corrected chi connectivity index (χ0v) is 11.4. The Morgan fingerprint density at radius 2 is 2.28 bits per heavy atom. The number of benzene rings is 1. The van der Waals surface area contributed by atoms with Gasteiger partial charge in [0.05, 0.1) is 0 Å². The van der Waals surface area contributed by atoms with Crippen LogP contribution >= 0.6 is 0 Å². The highest BCUT2D eigenvalue weighted by Gasteiger charge is 2.11. The molecule has 18 heavy (non-hydrogen) atoms. The summed E-state index contributed by atoms with van der Waals surface area (Å²) in [6, 6.07) is 6.59. The first kappa shape index (κ1) is 13.1. The van der Waals surface area contributed by atoms with Crippen LogP contribution in [0.2, 0.25) is 0 Å². The summed E-state index contributed by atoms with van der Waals surface area (Å²) in [5, 5.41) is 6.84. The van der Waals surface area contributed by atoms with Gasteiger partial charge in [-0.25, -0.2) is 0 Å². The maximum absolute atomic E-state index is 4.06.